The van der Waals surface area contributed by atoms with Crippen LogP contribution in [0.15, 0.2) is 60.7 Å². The molecule has 1 saturated heterocycles. The van der Waals surface area contributed by atoms with Crippen LogP contribution in [0, 0.1) is 0 Å². The zero-order valence-electron chi connectivity index (χ0n) is 19.5. The van der Waals surface area contributed by atoms with Crippen molar-refractivity contribution >= 4 is 28.6 Å². The Labute approximate surface area is 197 Å². The molecule has 0 radical (unpaired) electrons. The summed E-state index contributed by atoms with van der Waals surface area (Å²) in [5.74, 6) is -0.00633. The zero-order valence-corrected chi connectivity index (χ0v) is 19.5. The molecular formula is C26H27N3O5. The number of hydrogen-bond donors (Lipinski definition) is 2. The quantitative estimate of drug-likeness (QED) is 0.525. The number of nitrogens with zero attached hydrogens (tertiary/aromatic N) is 1. The topological polar surface area (TPSA) is 97.0 Å². The Morgan fingerprint density at radius 3 is 2.41 bits per heavy atom. The summed E-state index contributed by atoms with van der Waals surface area (Å²) in [5.41, 5.74) is 0.122. The molecule has 2 unspecified atom stereocenters. The highest BCUT2D eigenvalue weighted by Gasteiger charge is 2.49. The van der Waals surface area contributed by atoms with Gasteiger partial charge in [-0.15, -0.1) is 0 Å². The van der Waals surface area contributed by atoms with Gasteiger partial charge in [0, 0.05) is 0 Å². The lowest BCUT2D eigenvalue weighted by molar-refractivity contribution is -0.135. The number of urea groups is 1. The molecule has 8 nitrogen and oxygen atoms in total. The molecule has 1 aliphatic rings. The standard InChI is InChI=1S/C26H27N3O5/c1-16(18-10-9-17-7-5-6-8-19(17)13-18)27-23(30)15-29-24(31)26(2,28-25(29)32)20-11-12-21(33-3)22(14-20)34-4/h5-14,16H,15H2,1-4H3,(H,27,30)(H,28,32). The number of methoxy groups -OCH3 is 2. The van der Waals surface area contributed by atoms with Gasteiger partial charge in [-0.2, -0.15) is 0 Å². The van der Waals surface area contributed by atoms with Crippen molar-refractivity contribution in [1.82, 2.24) is 15.5 Å². The van der Waals surface area contributed by atoms with Crippen LogP contribution in [-0.2, 0) is 15.1 Å². The number of hydrogen-bond acceptors (Lipinski definition) is 5. The maximum absolute atomic E-state index is 13.2. The van der Waals surface area contributed by atoms with E-state index in [0.717, 1.165) is 21.2 Å². The highest BCUT2D eigenvalue weighted by molar-refractivity contribution is 6.09. The van der Waals surface area contributed by atoms with Crippen LogP contribution in [0.25, 0.3) is 10.8 Å². The van der Waals surface area contributed by atoms with Crippen molar-refractivity contribution in [1.29, 1.82) is 0 Å². The van der Waals surface area contributed by atoms with Gasteiger partial charge in [0.1, 0.15) is 12.1 Å². The van der Waals surface area contributed by atoms with E-state index in [2.05, 4.69) is 10.6 Å². The summed E-state index contributed by atoms with van der Waals surface area (Å²) in [6.45, 7) is 3.08. The van der Waals surface area contributed by atoms with E-state index in [4.69, 9.17) is 9.47 Å². The third-order valence-electron chi connectivity index (χ3n) is 6.19. The van der Waals surface area contributed by atoms with Crippen molar-refractivity contribution in [2.24, 2.45) is 0 Å². The predicted molar refractivity (Wildman–Crippen MR) is 128 cm³/mol. The highest BCUT2D eigenvalue weighted by atomic mass is 16.5. The first-order chi connectivity index (χ1) is 16.3. The van der Waals surface area contributed by atoms with Gasteiger partial charge in [-0.1, -0.05) is 42.5 Å². The van der Waals surface area contributed by atoms with E-state index >= 15 is 0 Å². The Morgan fingerprint density at radius 2 is 1.71 bits per heavy atom. The number of ether oxygens (including phenoxy) is 2. The van der Waals surface area contributed by atoms with Crippen LogP contribution in [0.3, 0.4) is 0 Å². The Kier molecular flexibility index (Phi) is 6.15. The van der Waals surface area contributed by atoms with Gasteiger partial charge in [0.25, 0.3) is 5.91 Å². The molecule has 8 heteroatoms. The minimum atomic E-state index is -1.33. The molecule has 2 N–H and O–H groups in total. The number of benzene rings is 3. The average Bonchev–Trinajstić information content (AvgIpc) is 3.06. The largest absolute Gasteiger partial charge is 0.493 e. The fraction of sp³-hybridized carbons (Fsp3) is 0.269. The number of amides is 4. The van der Waals surface area contributed by atoms with Gasteiger partial charge in [0.2, 0.25) is 5.91 Å². The number of carbonyl (C=O) groups excluding carboxylic acids is 3. The number of rotatable bonds is 7. The van der Waals surface area contributed by atoms with Crippen molar-refractivity contribution in [2.45, 2.75) is 25.4 Å². The smallest absolute Gasteiger partial charge is 0.325 e. The molecule has 0 bridgehead atoms. The molecule has 1 aliphatic heterocycles. The maximum atomic E-state index is 13.2. The second-order valence-electron chi connectivity index (χ2n) is 8.41. The van der Waals surface area contributed by atoms with E-state index in [0.29, 0.717) is 17.1 Å². The number of carbonyl (C=O) groups is 3. The summed E-state index contributed by atoms with van der Waals surface area (Å²) >= 11 is 0. The molecule has 0 aliphatic carbocycles. The fourth-order valence-corrected chi connectivity index (χ4v) is 4.17. The number of nitrogens with one attached hydrogen (secondary N) is 2. The van der Waals surface area contributed by atoms with E-state index in [1.807, 2.05) is 49.4 Å². The molecule has 0 spiro atoms. The van der Waals surface area contributed by atoms with Crippen molar-refractivity contribution < 1.29 is 23.9 Å². The first-order valence-electron chi connectivity index (χ1n) is 10.9. The van der Waals surface area contributed by atoms with Crippen LogP contribution in [0.2, 0.25) is 0 Å². The van der Waals surface area contributed by atoms with Crippen LogP contribution in [0.4, 0.5) is 4.79 Å². The molecule has 0 aromatic heterocycles. The monoisotopic (exact) mass is 461 g/mol. The lowest BCUT2D eigenvalue weighted by atomic mass is 9.91. The van der Waals surface area contributed by atoms with Gasteiger partial charge in [-0.3, -0.25) is 14.5 Å². The fourth-order valence-electron chi connectivity index (χ4n) is 4.17. The molecular weight excluding hydrogens is 434 g/mol. The molecule has 176 valence electrons. The second kappa shape index (κ2) is 9.05. The predicted octanol–water partition coefficient (Wildman–Crippen LogP) is 3.50. The summed E-state index contributed by atoms with van der Waals surface area (Å²) in [5, 5.41) is 7.77. The molecule has 3 aromatic rings. The SMILES string of the molecule is COc1ccc(C2(C)NC(=O)N(CC(=O)NC(C)c3ccc4ccccc4c3)C2=O)cc1OC. The molecule has 2 atom stereocenters. The molecule has 34 heavy (non-hydrogen) atoms. The normalized spacial score (nSPS) is 18.5. The lowest BCUT2D eigenvalue weighted by Gasteiger charge is -2.23. The van der Waals surface area contributed by atoms with Crippen LogP contribution < -0.4 is 20.1 Å². The van der Waals surface area contributed by atoms with E-state index in [1.165, 1.54) is 14.2 Å². The Bertz CT molecular complexity index is 1270. The maximum Gasteiger partial charge on any atom is 0.325 e. The summed E-state index contributed by atoms with van der Waals surface area (Å²) in [6, 6.07) is 18.0. The Balaban J connectivity index is 1.47. The molecule has 1 fully saturated rings. The minimum absolute atomic E-state index is 0.296. The van der Waals surface area contributed by atoms with Crippen LogP contribution in [0.1, 0.15) is 31.0 Å². The first kappa shape index (κ1) is 23.1. The number of fused-ring (bicyclic) bond motifs is 1. The summed E-state index contributed by atoms with van der Waals surface area (Å²) in [6.07, 6.45) is 0. The van der Waals surface area contributed by atoms with Crippen molar-refractivity contribution in [3.8, 4) is 11.5 Å². The lowest BCUT2D eigenvalue weighted by Crippen LogP contribution is -2.43. The summed E-state index contributed by atoms with van der Waals surface area (Å²) < 4.78 is 10.6. The van der Waals surface area contributed by atoms with E-state index in [-0.39, 0.29) is 12.6 Å². The van der Waals surface area contributed by atoms with Crippen LogP contribution >= 0.6 is 0 Å². The summed E-state index contributed by atoms with van der Waals surface area (Å²) in [4.78, 5) is 39.5. The van der Waals surface area contributed by atoms with E-state index in [9.17, 15) is 14.4 Å². The van der Waals surface area contributed by atoms with Gasteiger partial charge < -0.3 is 20.1 Å². The van der Waals surface area contributed by atoms with Gasteiger partial charge >= 0.3 is 6.03 Å². The Hall–Kier alpha value is -4.07. The molecule has 4 rings (SSSR count). The molecule has 0 saturated carbocycles. The zero-order chi connectivity index (χ0) is 24.5. The van der Waals surface area contributed by atoms with Gasteiger partial charge in [-0.25, -0.2) is 4.79 Å². The average molecular weight is 462 g/mol. The van der Waals surface area contributed by atoms with Crippen molar-refractivity contribution in [2.75, 3.05) is 20.8 Å². The summed E-state index contributed by atoms with van der Waals surface area (Å²) in [7, 11) is 3.01. The highest BCUT2D eigenvalue weighted by Crippen LogP contribution is 2.35. The van der Waals surface area contributed by atoms with Crippen LogP contribution in [-0.4, -0.2) is 43.5 Å². The number of imide groups is 1. The van der Waals surface area contributed by atoms with Gasteiger partial charge in [0.15, 0.2) is 11.5 Å². The first-order valence-corrected chi connectivity index (χ1v) is 10.9. The second-order valence-corrected chi connectivity index (χ2v) is 8.41. The molecule has 1 heterocycles. The minimum Gasteiger partial charge on any atom is -0.493 e. The van der Waals surface area contributed by atoms with Gasteiger partial charge in [-0.05, 0) is 53.9 Å². The van der Waals surface area contributed by atoms with Crippen molar-refractivity contribution in [3.63, 3.8) is 0 Å². The Morgan fingerprint density at radius 1 is 1.00 bits per heavy atom. The molecule has 4 amide bonds. The van der Waals surface area contributed by atoms with Crippen molar-refractivity contribution in [3.05, 3.63) is 71.8 Å². The third-order valence-corrected chi connectivity index (χ3v) is 6.19. The van der Waals surface area contributed by atoms with E-state index in [1.54, 1.807) is 25.1 Å². The van der Waals surface area contributed by atoms with Gasteiger partial charge in [0.05, 0.1) is 20.3 Å². The van der Waals surface area contributed by atoms with Crippen LogP contribution in [0.5, 0.6) is 11.5 Å². The van der Waals surface area contributed by atoms with E-state index < -0.39 is 23.4 Å². The molecule has 3 aromatic carbocycles. The third kappa shape index (κ3) is 4.14.